The first kappa shape index (κ1) is 10.1. The highest BCUT2D eigenvalue weighted by Crippen LogP contribution is 2.29. The molecule has 0 bridgehead atoms. The van der Waals surface area contributed by atoms with Crippen molar-refractivity contribution in [2.24, 2.45) is 0 Å². The van der Waals surface area contributed by atoms with Crippen molar-refractivity contribution in [2.45, 2.75) is 23.4 Å². The Balaban J connectivity index is 2.80. The van der Waals surface area contributed by atoms with Crippen molar-refractivity contribution in [2.75, 3.05) is 0 Å². The van der Waals surface area contributed by atoms with Gasteiger partial charge in [-0.1, -0.05) is 53.2 Å². The van der Waals surface area contributed by atoms with Crippen LogP contribution < -0.4 is 0 Å². The van der Waals surface area contributed by atoms with Crippen LogP contribution in [0.1, 0.15) is 24.8 Å². The summed E-state index contributed by atoms with van der Waals surface area (Å²) in [5.41, 5.74) is 1.36. The minimum absolute atomic E-state index is 0.255. The summed E-state index contributed by atoms with van der Waals surface area (Å²) < 4.78 is 0.255. The Bertz CT molecular complexity index is 221. The summed E-state index contributed by atoms with van der Waals surface area (Å²) in [6.45, 7) is 2.18. The van der Waals surface area contributed by atoms with Gasteiger partial charge in [-0.05, 0) is 12.0 Å². The van der Waals surface area contributed by atoms with Crippen molar-refractivity contribution in [3.63, 3.8) is 0 Å². The van der Waals surface area contributed by atoms with Gasteiger partial charge in [0.15, 0.2) is 0 Å². The fraction of sp³-hybridized carbons (Fsp3) is 0.400. The molecule has 2 unspecified atom stereocenters. The standard InChI is InChI=1S/C10H13BrS/c1-2-9(10(11)12)8-6-4-3-5-7-8/h3-7,9-10,12H,2H2,1H3. The third kappa shape index (κ3) is 2.53. The predicted molar refractivity (Wildman–Crippen MR) is 61.2 cm³/mol. The van der Waals surface area contributed by atoms with Gasteiger partial charge in [0.05, 0.1) is 4.16 Å². The van der Waals surface area contributed by atoms with Gasteiger partial charge in [-0.2, -0.15) is 12.6 Å². The van der Waals surface area contributed by atoms with E-state index in [2.05, 4.69) is 59.7 Å². The van der Waals surface area contributed by atoms with E-state index < -0.39 is 0 Å². The maximum absolute atomic E-state index is 4.40. The van der Waals surface area contributed by atoms with Gasteiger partial charge in [-0.25, -0.2) is 0 Å². The highest BCUT2D eigenvalue weighted by molar-refractivity contribution is 9.11. The molecule has 0 aliphatic carbocycles. The molecule has 0 fully saturated rings. The van der Waals surface area contributed by atoms with Gasteiger partial charge in [-0.15, -0.1) is 0 Å². The van der Waals surface area contributed by atoms with Crippen LogP contribution in [0.4, 0.5) is 0 Å². The molecule has 0 saturated carbocycles. The van der Waals surface area contributed by atoms with Crippen molar-refractivity contribution < 1.29 is 0 Å². The summed E-state index contributed by atoms with van der Waals surface area (Å²) >= 11 is 7.90. The van der Waals surface area contributed by atoms with Crippen molar-refractivity contribution >= 4 is 28.6 Å². The molecular formula is C10H13BrS. The lowest BCUT2D eigenvalue weighted by molar-refractivity contribution is 0.728. The topological polar surface area (TPSA) is 0 Å². The summed E-state index contributed by atoms with van der Waals surface area (Å²) in [5, 5.41) is 0. The zero-order valence-electron chi connectivity index (χ0n) is 7.07. The van der Waals surface area contributed by atoms with Crippen LogP contribution in [-0.2, 0) is 0 Å². The van der Waals surface area contributed by atoms with Crippen LogP contribution in [0.2, 0.25) is 0 Å². The molecular weight excluding hydrogens is 232 g/mol. The average Bonchev–Trinajstić information content (AvgIpc) is 2.07. The van der Waals surface area contributed by atoms with E-state index in [1.165, 1.54) is 5.56 Å². The van der Waals surface area contributed by atoms with E-state index in [0.717, 1.165) is 6.42 Å². The number of benzene rings is 1. The Hall–Kier alpha value is 0.0500. The van der Waals surface area contributed by atoms with E-state index in [9.17, 15) is 0 Å². The van der Waals surface area contributed by atoms with Gasteiger partial charge in [0.1, 0.15) is 0 Å². The maximum Gasteiger partial charge on any atom is 0.0638 e. The van der Waals surface area contributed by atoms with Crippen molar-refractivity contribution in [1.29, 1.82) is 0 Å². The Morgan fingerprint density at radius 3 is 2.33 bits per heavy atom. The molecule has 0 aromatic heterocycles. The fourth-order valence-electron chi connectivity index (χ4n) is 1.29. The molecule has 0 aliphatic rings. The molecule has 66 valence electrons. The van der Waals surface area contributed by atoms with Crippen molar-refractivity contribution in [3.05, 3.63) is 35.9 Å². The highest BCUT2D eigenvalue weighted by Gasteiger charge is 2.14. The maximum atomic E-state index is 4.40. The van der Waals surface area contributed by atoms with E-state index in [1.54, 1.807) is 0 Å². The number of hydrogen-bond acceptors (Lipinski definition) is 1. The number of rotatable bonds is 3. The summed E-state index contributed by atoms with van der Waals surface area (Å²) in [5.74, 6) is 0.509. The molecule has 0 saturated heterocycles. The first-order valence-corrected chi connectivity index (χ1v) is 5.56. The van der Waals surface area contributed by atoms with Crippen LogP contribution >= 0.6 is 28.6 Å². The molecule has 12 heavy (non-hydrogen) atoms. The third-order valence-corrected chi connectivity index (χ3v) is 3.00. The van der Waals surface area contributed by atoms with Crippen LogP contribution in [0.3, 0.4) is 0 Å². The lowest BCUT2D eigenvalue weighted by atomic mass is 9.99. The van der Waals surface area contributed by atoms with Gasteiger partial charge >= 0.3 is 0 Å². The number of halogens is 1. The Morgan fingerprint density at radius 2 is 1.92 bits per heavy atom. The van der Waals surface area contributed by atoms with E-state index in [4.69, 9.17) is 0 Å². The average molecular weight is 245 g/mol. The first-order valence-electron chi connectivity index (χ1n) is 4.12. The minimum atomic E-state index is 0.255. The Labute approximate surface area is 87.9 Å². The summed E-state index contributed by atoms with van der Waals surface area (Å²) in [6, 6.07) is 10.5. The van der Waals surface area contributed by atoms with E-state index >= 15 is 0 Å². The van der Waals surface area contributed by atoms with Crippen molar-refractivity contribution in [1.82, 2.24) is 0 Å². The molecule has 0 heterocycles. The molecule has 1 rings (SSSR count). The second-order valence-corrected chi connectivity index (χ2v) is 5.05. The molecule has 1 aromatic rings. The first-order chi connectivity index (χ1) is 5.75. The Kier molecular flexibility index (Phi) is 4.16. The minimum Gasteiger partial charge on any atom is -0.164 e. The number of thiol groups is 1. The molecule has 2 heteroatoms. The largest absolute Gasteiger partial charge is 0.164 e. The normalized spacial score (nSPS) is 15.6. The number of hydrogen-bond donors (Lipinski definition) is 1. The molecule has 0 aliphatic heterocycles. The van der Waals surface area contributed by atoms with Gasteiger partial charge in [-0.3, -0.25) is 0 Å². The lowest BCUT2D eigenvalue weighted by Crippen LogP contribution is -2.04. The highest BCUT2D eigenvalue weighted by atomic mass is 79.9. The SMILES string of the molecule is CCC(c1ccccc1)C(S)Br. The summed E-state index contributed by atoms with van der Waals surface area (Å²) in [6.07, 6.45) is 1.11. The molecule has 2 atom stereocenters. The van der Waals surface area contributed by atoms with Crippen LogP contribution in [0, 0.1) is 0 Å². The van der Waals surface area contributed by atoms with Crippen LogP contribution in [0.5, 0.6) is 0 Å². The summed E-state index contributed by atoms with van der Waals surface area (Å²) in [7, 11) is 0. The summed E-state index contributed by atoms with van der Waals surface area (Å²) in [4.78, 5) is 0. The molecule has 0 N–H and O–H groups in total. The van der Waals surface area contributed by atoms with Crippen LogP contribution in [-0.4, -0.2) is 4.16 Å². The van der Waals surface area contributed by atoms with E-state index in [1.807, 2.05) is 6.07 Å². The van der Waals surface area contributed by atoms with Gasteiger partial charge in [0.2, 0.25) is 0 Å². The third-order valence-electron chi connectivity index (χ3n) is 2.00. The molecule has 0 spiro atoms. The zero-order valence-corrected chi connectivity index (χ0v) is 9.55. The van der Waals surface area contributed by atoms with Gasteiger partial charge in [0.25, 0.3) is 0 Å². The molecule has 0 radical (unpaired) electrons. The molecule has 0 amide bonds. The second-order valence-electron chi connectivity index (χ2n) is 2.80. The van der Waals surface area contributed by atoms with Gasteiger partial charge in [0, 0.05) is 5.92 Å². The molecule has 0 nitrogen and oxygen atoms in total. The lowest BCUT2D eigenvalue weighted by Gasteiger charge is -2.16. The smallest absolute Gasteiger partial charge is 0.0638 e. The number of alkyl halides is 1. The quantitative estimate of drug-likeness (QED) is 0.607. The van der Waals surface area contributed by atoms with Crippen molar-refractivity contribution in [3.8, 4) is 0 Å². The molecule has 1 aromatic carbocycles. The zero-order chi connectivity index (χ0) is 8.97. The fourth-order valence-corrected chi connectivity index (χ4v) is 2.35. The van der Waals surface area contributed by atoms with Crippen LogP contribution in [0.15, 0.2) is 30.3 Å². The second kappa shape index (κ2) is 4.93. The van der Waals surface area contributed by atoms with Crippen LogP contribution in [0.25, 0.3) is 0 Å². The monoisotopic (exact) mass is 244 g/mol. The van der Waals surface area contributed by atoms with E-state index in [0.29, 0.717) is 5.92 Å². The van der Waals surface area contributed by atoms with E-state index in [-0.39, 0.29) is 4.16 Å². The Morgan fingerprint density at radius 1 is 1.33 bits per heavy atom. The predicted octanol–water partition coefficient (Wildman–Crippen LogP) is 3.83. The van der Waals surface area contributed by atoms with Gasteiger partial charge < -0.3 is 0 Å².